The van der Waals surface area contributed by atoms with Crippen LogP contribution in [-0.2, 0) is 10.0 Å². The lowest BCUT2D eigenvalue weighted by Crippen LogP contribution is -2.18. The van der Waals surface area contributed by atoms with Gasteiger partial charge in [-0.3, -0.25) is 4.72 Å². The van der Waals surface area contributed by atoms with Gasteiger partial charge in [-0.05, 0) is 40.2 Å². The Balaban J connectivity index is 1.93. The lowest BCUT2D eigenvalue weighted by atomic mass is 10.3. The van der Waals surface area contributed by atoms with Crippen molar-refractivity contribution in [2.45, 2.75) is 4.90 Å². The Morgan fingerprint density at radius 1 is 1.10 bits per heavy atom. The van der Waals surface area contributed by atoms with Crippen molar-refractivity contribution >= 4 is 49.1 Å². The number of hydrogen-bond donors (Lipinski definition) is 2. The molecular formula is C14H15BrN2O2S2. The molecule has 0 radical (unpaired) electrons. The summed E-state index contributed by atoms with van der Waals surface area (Å²) in [5.74, 6) is 0.460. The van der Waals surface area contributed by atoms with E-state index >= 15 is 0 Å². The van der Waals surface area contributed by atoms with Gasteiger partial charge in [-0.2, -0.15) is 0 Å². The molecule has 0 aromatic heterocycles. The number of thioether (sulfide) groups is 1. The quantitative estimate of drug-likeness (QED) is 0.587. The van der Waals surface area contributed by atoms with Crippen molar-refractivity contribution in [3.05, 3.63) is 53.0 Å². The summed E-state index contributed by atoms with van der Waals surface area (Å²) in [6.45, 7) is 0. The van der Waals surface area contributed by atoms with E-state index in [2.05, 4.69) is 20.7 Å². The van der Waals surface area contributed by atoms with Gasteiger partial charge in [0.15, 0.2) is 0 Å². The van der Waals surface area contributed by atoms with E-state index in [1.165, 1.54) is 11.8 Å². The van der Waals surface area contributed by atoms with Crippen LogP contribution in [0.15, 0.2) is 57.9 Å². The molecule has 2 aromatic carbocycles. The molecule has 2 rings (SSSR count). The van der Waals surface area contributed by atoms with E-state index in [1.807, 2.05) is 24.3 Å². The molecule has 0 bridgehead atoms. The maximum absolute atomic E-state index is 12.1. The number of anilines is 2. The standard InChI is InChI=1S/C14H15BrN2O2S2/c15-11-5-1-3-7-13(11)17-21(18,19)10-9-20-14-8-4-2-6-12(14)16/h1-8,17H,9-10,16H2. The Hall–Kier alpha value is -1.18. The zero-order valence-corrected chi connectivity index (χ0v) is 14.3. The number of nitrogens with two attached hydrogens (primary N) is 1. The number of nitrogens with one attached hydrogen (secondary N) is 1. The molecule has 4 nitrogen and oxygen atoms in total. The summed E-state index contributed by atoms with van der Waals surface area (Å²) in [5, 5.41) is 0. The summed E-state index contributed by atoms with van der Waals surface area (Å²) in [5.41, 5.74) is 7.03. The normalized spacial score (nSPS) is 11.3. The maximum Gasteiger partial charge on any atom is 0.233 e. The second-order valence-corrected chi connectivity index (χ2v) is 8.12. The van der Waals surface area contributed by atoms with Crippen molar-refractivity contribution in [2.24, 2.45) is 0 Å². The van der Waals surface area contributed by atoms with E-state index in [1.54, 1.807) is 24.3 Å². The molecule has 0 aliphatic heterocycles. The first-order valence-corrected chi connectivity index (χ1v) is 9.63. The highest BCUT2D eigenvalue weighted by Gasteiger charge is 2.12. The minimum absolute atomic E-state index is 0.0212. The van der Waals surface area contributed by atoms with Gasteiger partial charge in [0.2, 0.25) is 10.0 Å². The van der Waals surface area contributed by atoms with Gasteiger partial charge in [0, 0.05) is 20.8 Å². The van der Waals surface area contributed by atoms with Crippen molar-refractivity contribution in [1.82, 2.24) is 0 Å². The van der Waals surface area contributed by atoms with Gasteiger partial charge < -0.3 is 5.73 Å². The number of hydrogen-bond acceptors (Lipinski definition) is 4. The summed E-state index contributed by atoms with van der Waals surface area (Å²) < 4.78 is 27.4. The summed E-state index contributed by atoms with van der Waals surface area (Å²) in [7, 11) is -3.38. The van der Waals surface area contributed by atoms with Gasteiger partial charge in [0.25, 0.3) is 0 Å². The number of sulfonamides is 1. The Morgan fingerprint density at radius 3 is 2.48 bits per heavy atom. The lowest BCUT2D eigenvalue weighted by molar-refractivity contribution is 0.602. The highest BCUT2D eigenvalue weighted by molar-refractivity contribution is 9.10. The molecule has 0 atom stereocenters. The van der Waals surface area contributed by atoms with Crippen LogP contribution in [0.3, 0.4) is 0 Å². The fraction of sp³-hybridized carbons (Fsp3) is 0.143. The molecule has 0 amide bonds. The minimum Gasteiger partial charge on any atom is -0.398 e. The SMILES string of the molecule is Nc1ccccc1SCCS(=O)(=O)Nc1ccccc1Br. The van der Waals surface area contributed by atoms with Crippen LogP contribution in [0.5, 0.6) is 0 Å². The van der Waals surface area contributed by atoms with Crippen LogP contribution in [0.25, 0.3) is 0 Å². The van der Waals surface area contributed by atoms with Crippen molar-refractivity contribution < 1.29 is 8.42 Å². The Morgan fingerprint density at radius 2 is 1.76 bits per heavy atom. The molecule has 3 N–H and O–H groups in total. The predicted molar refractivity (Wildman–Crippen MR) is 93.1 cm³/mol. The molecule has 21 heavy (non-hydrogen) atoms. The zero-order valence-electron chi connectivity index (χ0n) is 11.1. The molecule has 0 aliphatic carbocycles. The third-order valence-electron chi connectivity index (χ3n) is 2.67. The fourth-order valence-corrected chi connectivity index (χ4v) is 4.61. The molecule has 0 unspecified atom stereocenters. The molecular weight excluding hydrogens is 372 g/mol. The van der Waals surface area contributed by atoms with Crippen molar-refractivity contribution in [3.8, 4) is 0 Å². The minimum atomic E-state index is -3.38. The Kier molecular flexibility index (Phi) is 5.55. The van der Waals surface area contributed by atoms with Crippen LogP contribution in [-0.4, -0.2) is 19.9 Å². The highest BCUT2D eigenvalue weighted by atomic mass is 79.9. The van der Waals surface area contributed by atoms with Gasteiger partial charge >= 0.3 is 0 Å². The van der Waals surface area contributed by atoms with Crippen molar-refractivity contribution in [3.63, 3.8) is 0 Å². The van der Waals surface area contributed by atoms with E-state index in [4.69, 9.17) is 5.73 Å². The number of nitrogen functional groups attached to an aromatic ring is 1. The fourth-order valence-electron chi connectivity index (χ4n) is 1.64. The number of halogens is 1. The third-order valence-corrected chi connectivity index (χ3v) is 5.98. The average molecular weight is 387 g/mol. The molecule has 0 saturated heterocycles. The Labute approximate surface area is 137 Å². The van der Waals surface area contributed by atoms with E-state index in [9.17, 15) is 8.42 Å². The summed E-state index contributed by atoms with van der Waals surface area (Å²) in [6.07, 6.45) is 0. The van der Waals surface area contributed by atoms with Crippen LogP contribution in [0, 0.1) is 0 Å². The monoisotopic (exact) mass is 386 g/mol. The second-order valence-electron chi connectivity index (χ2n) is 4.29. The van der Waals surface area contributed by atoms with Gasteiger partial charge in [-0.25, -0.2) is 8.42 Å². The molecule has 0 fully saturated rings. The first kappa shape index (κ1) is 16.2. The van der Waals surface area contributed by atoms with Crippen LogP contribution >= 0.6 is 27.7 Å². The van der Waals surface area contributed by atoms with Gasteiger partial charge in [-0.1, -0.05) is 24.3 Å². The summed E-state index contributed by atoms with van der Waals surface area (Å²) in [4.78, 5) is 0.897. The molecule has 7 heteroatoms. The zero-order chi connectivity index (χ0) is 15.3. The smallest absolute Gasteiger partial charge is 0.233 e. The van der Waals surface area contributed by atoms with Crippen molar-refractivity contribution in [2.75, 3.05) is 22.0 Å². The highest BCUT2D eigenvalue weighted by Crippen LogP contribution is 2.25. The first-order valence-electron chi connectivity index (χ1n) is 6.20. The lowest BCUT2D eigenvalue weighted by Gasteiger charge is -2.10. The topological polar surface area (TPSA) is 72.2 Å². The van der Waals surface area contributed by atoms with E-state index < -0.39 is 10.0 Å². The maximum atomic E-state index is 12.1. The summed E-state index contributed by atoms with van der Waals surface area (Å²) >= 11 is 4.75. The van der Waals surface area contributed by atoms with Gasteiger partial charge in [0.1, 0.15) is 0 Å². The van der Waals surface area contributed by atoms with E-state index in [0.29, 0.717) is 21.6 Å². The molecule has 112 valence electrons. The number of rotatable bonds is 6. The predicted octanol–water partition coefficient (Wildman–Crippen LogP) is 3.57. The number of benzene rings is 2. The first-order chi connectivity index (χ1) is 9.98. The third kappa shape index (κ3) is 4.94. The molecule has 0 spiro atoms. The second kappa shape index (κ2) is 7.20. The molecule has 2 aromatic rings. The van der Waals surface area contributed by atoms with Gasteiger partial charge in [-0.15, -0.1) is 11.8 Å². The Bertz CT molecular complexity index is 720. The summed E-state index contributed by atoms with van der Waals surface area (Å²) in [6, 6.07) is 14.5. The number of para-hydroxylation sites is 2. The molecule has 0 aliphatic rings. The molecule has 0 saturated carbocycles. The average Bonchev–Trinajstić information content (AvgIpc) is 2.43. The molecule has 0 heterocycles. The van der Waals surface area contributed by atoms with Crippen LogP contribution in [0.1, 0.15) is 0 Å². The largest absolute Gasteiger partial charge is 0.398 e. The van der Waals surface area contributed by atoms with E-state index in [0.717, 1.165) is 4.90 Å². The van der Waals surface area contributed by atoms with Crippen LogP contribution < -0.4 is 10.5 Å². The van der Waals surface area contributed by atoms with Gasteiger partial charge in [0.05, 0.1) is 11.4 Å². The van der Waals surface area contributed by atoms with Crippen LogP contribution in [0.4, 0.5) is 11.4 Å². The van der Waals surface area contributed by atoms with Crippen molar-refractivity contribution in [1.29, 1.82) is 0 Å². The van der Waals surface area contributed by atoms with E-state index in [-0.39, 0.29) is 5.75 Å². The van der Waals surface area contributed by atoms with Crippen LogP contribution in [0.2, 0.25) is 0 Å².